The van der Waals surface area contributed by atoms with Gasteiger partial charge in [0.25, 0.3) is 0 Å². The van der Waals surface area contributed by atoms with E-state index < -0.39 is 0 Å². The Balaban J connectivity index is 3.38. The van der Waals surface area contributed by atoms with Gasteiger partial charge in [-0.15, -0.1) is 11.8 Å². The summed E-state index contributed by atoms with van der Waals surface area (Å²) in [5.74, 6) is 1.64. The van der Waals surface area contributed by atoms with Crippen molar-refractivity contribution in [2.24, 2.45) is 5.92 Å². The van der Waals surface area contributed by atoms with Gasteiger partial charge in [-0.1, -0.05) is 25.8 Å². The lowest BCUT2D eigenvalue weighted by atomic mass is 10.0. The fraction of sp³-hybridized carbons (Fsp3) is 0.818. The summed E-state index contributed by atoms with van der Waals surface area (Å²) in [5, 5.41) is 10.8. The molecular formula is C11H22OS. The standard InChI is InChI=1S/C11H22OS/c1-10(2)5-4-6-11(3)9-13-8-7-12/h9-10,12H,4-8H2,1-3H3/b11-9+. The molecule has 0 unspecified atom stereocenters. The quantitative estimate of drug-likeness (QED) is 0.638. The van der Waals surface area contributed by atoms with Crippen LogP contribution in [0.4, 0.5) is 0 Å². The molecule has 2 heteroatoms. The minimum absolute atomic E-state index is 0.278. The molecule has 0 aromatic rings. The Morgan fingerprint density at radius 1 is 1.46 bits per heavy atom. The number of hydrogen-bond donors (Lipinski definition) is 1. The maximum atomic E-state index is 8.58. The van der Waals surface area contributed by atoms with Crippen molar-refractivity contribution in [2.45, 2.75) is 40.0 Å². The Kier molecular flexibility index (Phi) is 8.67. The summed E-state index contributed by atoms with van der Waals surface area (Å²) < 4.78 is 0. The van der Waals surface area contributed by atoms with Crippen LogP contribution in [0.15, 0.2) is 11.0 Å². The zero-order chi connectivity index (χ0) is 10.1. The van der Waals surface area contributed by atoms with Crippen LogP contribution in [0.1, 0.15) is 40.0 Å². The van der Waals surface area contributed by atoms with Crippen LogP contribution in [0.2, 0.25) is 0 Å². The highest BCUT2D eigenvalue weighted by atomic mass is 32.2. The third-order valence-corrected chi connectivity index (χ3v) is 2.83. The van der Waals surface area contributed by atoms with E-state index in [0.29, 0.717) is 0 Å². The maximum Gasteiger partial charge on any atom is 0.0525 e. The van der Waals surface area contributed by atoms with E-state index in [-0.39, 0.29) is 6.61 Å². The van der Waals surface area contributed by atoms with E-state index in [1.165, 1.54) is 24.8 Å². The molecule has 0 aliphatic carbocycles. The average Bonchev–Trinajstić information content (AvgIpc) is 2.04. The zero-order valence-electron chi connectivity index (χ0n) is 9.05. The third kappa shape index (κ3) is 9.97. The summed E-state index contributed by atoms with van der Waals surface area (Å²) in [4.78, 5) is 0. The molecule has 0 fully saturated rings. The maximum absolute atomic E-state index is 8.58. The number of thioether (sulfide) groups is 1. The highest BCUT2D eigenvalue weighted by Gasteiger charge is 1.95. The largest absolute Gasteiger partial charge is 0.396 e. The van der Waals surface area contributed by atoms with Crippen LogP contribution in [0, 0.1) is 5.92 Å². The summed E-state index contributed by atoms with van der Waals surface area (Å²) in [6, 6.07) is 0. The first-order valence-corrected chi connectivity index (χ1v) is 6.09. The number of allylic oxidation sites excluding steroid dienone is 1. The van der Waals surface area contributed by atoms with Gasteiger partial charge in [0.15, 0.2) is 0 Å². The van der Waals surface area contributed by atoms with Gasteiger partial charge in [-0.3, -0.25) is 0 Å². The zero-order valence-corrected chi connectivity index (χ0v) is 9.86. The molecule has 0 radical (unpaired) electrons. The molecule has 0 bridgehead atoms. The fourth-order valence-corrected chi connectivity index (χ4v) is 1.73. The minimum Gasteiger partial charge on any atom is -0.396 e. The molecule has 0 amide bonds. The molecule has 78 valence electrons. The van der Waals surface area contributed by atoms with Crippen LogP contribution in [-0.2, 0) is 0 Å². The number of aliphatic hydroxyl groups is 1. The van der Waals surface area contributed by atoms with Crippen molar-refractivity contribution >= 4 is 11.8 Å². The molecular weight excluding hydrogens is 180 g/mol. The minimum atomic E-state index is 0.278. The van der Waals surface area contributed by atoms with Gasteiger partial charge in [0.05, 0.1) is 6.61 Å². The Bertz CT molecular complexity index is 141. The molecule has 0 heterocycles. The normalized spacial score (nSPS) is 12.5. The Morgan fingerprint density at radius 2 is 2.15 bits per heavy atom. The molecule has 0 spiro atoms. The molecule has 0 aliphatic heterocycles. The first-order valence-electron chi connectivity index (χ1n) is 5.05. The van der Waals surface area contributed by atoms with Crippen LogP contribution in [0.3, 0.4) is 0 Å². The molecule has 0 aliphatic rings. The van der Waals surface area contributed by atoms with Crippen LogP contribution >= 0.6 is 11.8 Å². The summed E-state index contributed by atoms with van der Waals surface area (Å²) in [6.45, 7) is 6.98. The second-order valence-corrected chi connectivity index (χ2v) is 4.82. The molecule has 13 heavy (non-hydrogen) atoms. The summed E-state index contributed by atoms with van der Waals surface area (Å²) in [6.07, 6.45) is 3.81. The van der Waals surface area contributed by atoms with E-state index in [1.807, 2.05) is 0 Å². The molecule has 0 saturated carbocycles. The van der Waals surface area contributed by atoms with Crippen molar-refractivity contribution in [1.29, 1.82) is 0 Å². The first-order chi connectivity index (χ1) is 6.16. The lowest BCUT2D eigenvalue weighted by Gasteiger charge is -2.04. The average molecular weight is 202 g/mol. The van der Waals surface area contributed by atoms with E-state index in [9.17, 15) is 0 Å². The Morgan fingerprint density at radius 3 is 2.69 bits per heavy atom. The topological polar surface area (TPSA) is 20.2 Å². The van der Waals surface area contributed by atoms with Gasteiger partial charge in [0.1, 0.15) is 0 Å². The predicted molar refractivity (Wildman–Crippen MR) is 62.0 cm³/mol. The van der Waals surface area contributed by atoms with Gasteiger partial charge in [-0.25, -0.2) is 0 Å². The van der Waals surface area contributed by atoms with Crippen molar-refractivity contribution in [1.82, 2.24) is 0 Å². The van der Waals surface area contributed by atoms with E-state index in [1.54, 1.807) is 11.8 Å². The lowest BCUT2D eigenvalue weighted by molar-refractivity contribution is 0.322. The highest BCUT2D eigenvalue weighted by molar-refractivity contribution is 8.02. The van der Waals surface area contributed by atoms with Crippen molar-refractivity contribution in [3.8, 4) is 0 Å². The predicted octanol–water partition coefficient (Wildman–Crippen LogP) is 3.44. The highest BCUT2D eigenvalue weighted by Crippen LogP contribution is 2.14. The van der Waals surface area contributed by atoms with Gasteiger partial charge in [0.2, 0.25) is 0 Å². The van der Waals surface area contributed by atoms with Crippen molar-refractivity contribution in [3.63, 3.8) is 0 Å². The fourth-order valence-electron chi connectivity index (χ4n) is 1.10. The third-order valence-electron chi connectivity index (χ3n) is 1.85. The monoisotopic (exact) mass is 202 g/mol. The van der Waals surface area contributed by atoms with Crippen molar-refractivity contribution in [3.05, 3.63) is 11.0 Å². The summed E-state index contributed by atoms with van der Waals surface area (Å²) in [5.41, 5.74) is 1.44. The van der Waals surface area contributed by atoms with Crippen LogP contribution in [0.5, 0.6) is 0 Å². The van der Waals surface area contributed by atoms with Crippen LogP contribution in [0.25, 0.3) is 0 Å². The molecule has 1 nitrogen and oxygen atoms in total. The first kappa shape index (κ1) is 13.1. The van der Waals surface area contributed by atoms with E-state index in [4.69, 9.17) is 5.11 Å². The molecule has 0 aromatic heterocycles. The number of aliphatic hydroxyl groups excluding tert-OH is 1. The lowest BCUT2D eigenvalue weighted by Crippen LogP contribution is -1.88. The Labute approximate surface area is 86.6 Å². The molecule has 0 atom stereocenters. The molecule has 0 aromatic carbocycles. The molecule has 0 saturated heterocycles. The summed E-state index contributed by atoms with van der Waals surface area (Å²) in [7, 11) is 0. The second-order valence-electron chi connectivity index (χ2n) is 3.84. The van der Waals surface area contributed by atoms with Gasteiger partial charge < -0.3 is 5.11 Å². The van der Waals surface area contributed by atoms with E-state index in [2.05, 4.69) is 26.2 Å². The van der Waals surface area contributed by atoms with Gasteiger partial charge in [0, 0.05) is 5.75 Å². The van der Waals surface area contributed by atoms with Gasteiger partial charge in [-0.2, -0.15) is 0 Å². The van der Waals surface area contributed by atoms with Crippen molar-refractivity contribution < 1.29 is 5.11 Å². The Hall–Kier alpha value is 0.0500. The van der Waals surface area contributed by atoms with Crippen LogP contribution < -0.4 is 0 Å². The number of rotatable bonds is 7. The van der Waals surface area contributed by atoms with Gasteiger partial charge >= 0.3 is 0 Å². The summed E-state index contributed by atoms with van der Waals surface area (Å²) >= 11 is 1.71. The number of hydrogen-bond acceptors (Lipinski definition) is 2. The smallest absolute Gasteiger partial charge is 0.0525 e. The molecule has 0 rings (SSSR count). The second kappa shape index (κ2) is 8.64. The van der Waals surface area contributed by atoms with Crippen LogP contribution in [-0.4, -0.2) is 17.5 Å². The van der Waals surface area contributed by atoms with Gasteiger partial charge in [-0.05, 0) is 31.1 Å². The van der Waals surface area contributed by atoms with Crippen molar-refractivity contribution in [2.75, 3.05) is 12.4 Å². The molecule has 1 N–H and O–H groups in total. The van der Waals surface area contributed by atoms with E-state index in [0.717, 1.165) is 11.7 Å². The van der Waals surface area contributed by atoms with E-state index >= 15 is 0 Å². The SMILES string of the molecule is C/C(=C\SCCO)CCCC(C)C.